The number of amides is 1. The van der Waals surface area contributed by atoms with E-state index in [-0.39, 0.29) is 0 Å². The summed E-state index contributed by atoms with van der Waals surface area (Å²) >= 11 is 0. The van der Waals surface area contributed by atoms with Crippen molar-refractivity contribution in [3.63, 3.8) is 0 Å². The Morgan fingerprint density at radius 3 is 2.60 bits per heavy atom. The zero-order valence-corrected chi connectivity index (χ0v) is 11.8. The molecule has 2 unspecified atom stereocenters. The summed E-state index contributed by atoms with van der Waals surface area (Å²) < 4.78 is 3.86. The number of hydrogen-bond donors (Lipinski definition) is 0. The van der Waals surface area contributed by atoms with Gasteiger partial charge in [-0.2, -0.15) is 0 Å². The summed E-state index contributed by atoms with van der Waals surface area (Å²) in [5, 5.41) is 0. The van der Waals surface area contributed by atoms with E-state index < -0.39 is 0 Å². The number of carbonyl (C=O) groups is 2. The highest BCUT2D eigenvalue weighted by Gasteiger charge is 2.42. The second-order valence-electron chi connectivity index (χ2n) is 5.33. The molecule has 3 rings (SSSR count). The lowest BCUT2D eigenvalue weighted by atomic mass is 10.0. The molecule has 1 heterocycles. The second-order valence-corrected chi connectivity index (χ2v) is 5.33. The fourth-order valence-electron chi connectivity index (χ4n) is 3.13. The number of rotatable bonds is 3. The molecule has 1 aliphatic carbocycles. The molecule has 2 atom stereocenters. The van der Waals surface area contributed by atoms with Crippen LogP contribution in [0.15, 0.2) is 30.3 Å². The smallest absolute Gasteiger partial charge is 0.292 e. The van der Waals surface area contributed by atoms with Crippen LogP contribution in [0.3, 0.4) is 0 Å². The first-order chi connectivity index (χ1) is 9.76. The maximum absolute atomic E-state index is 12.1. The molecule has 1 saturated carbocycles. The third-order valence-corrected chi connectivity index (χ3v) is 4.06. The molecule has 0 aromatic heterocycles. The van der Waals surface area contributed by atoms with Crippen molar-refractivity contribution < 1.29 is 14.3 Å². The van der Waals surface area contributed by atoms with Crippen LogP contribution in [0.25, 0.3) is 0 Å². The predicted octanol–water partition coefficient (Wildman–Crippen LogP) is 2.23. The van der Waals surface area contributed by atoms with Crippen molar-refractivity contribution in [1.29, 1.82) is 0 Å². The minimum Gasteiger partial charge on any atom is -0.471 e. The van der Waals surface area contributed by atoms with Crippen LogP contribution < -0.4 is 0 Å². The molecule has 1 aliphatic heterocycles. The average Bonchev–Trinajstić information content (AvgIpc) is 3.05. The molecule has 1 aromatic carbocycles. The number of fused-ring (bicyclic) bond motifs is 1. The molecule has 0 radical (unpaired) electrons. The van der Waals surface area contributed by atoms with Crippen LogP contribution in [0.5, 0.6) is 0 Å². The maximum Gasteiger partial charge on any atom is 0.292 e. The predicted molar refractivity (Wildman–Crippen MR) is 75.8 cm³/mol. The molecule has 2 aliphatic rings. The Labute approximate surface area is 119 Å². The summed E-state index contributed by atoms with van der Waals surface area (Å²) in [5.74, 6) is 1.39. The third-order valence-electron chi connectivity index (χ3n) is 4.06. The van der Waals surface area contributed by atoms with Crippen LogP contribution in [-0.2, 0) is 20.9 Å². The number of carbonyl (C=O) groups excluding carboxylic acids is 2. The molecule has 4 heteroatoms. The summed E-state index contributed by atoms with van der Waals surface area (Å²) in [4.78, 5) is 23.1. The van der Waals surface area contributed by atoms with Crippen molar-refractivity contribution in [1.82, 2.24) is 4.90 Å². The van der Waals surface area contributed by atoms with Gasteiger partial charge >= 0.3 is 0 Å². The highest BCUT2D eigenvalue weighted by molar-refractivity contribution is 5.81. The van der Waals surface area contributed by atoms with Crippen LogP contribution >= 0.6 is 0 Å². The fourth-order valence-corrected chi connectivity index (χ4v) is 3.13. The lowest BCUT2D eigenvalue weighted by Gasteiger charge is -2.17. The highest BCUT2D eigenvalue weighted by Crippen LogP contribution is 2.39. The Bertz CT molecular complexity index is 446. The summed E-state index contributed by atoms with van der Waals surface area (Å²) in [5.41, 5.74) is 1.25. The van der Waals surface area contributed by atoms with Gasteiger partial charge in [-0.15, -0.1) is 0 Å². The molecule has 2 fully saturated rings. The van der Waals surface area contributed by atoms with Crippen molar-refractivity contribution in [3.05, 3.63) is 35.9 Å². The quantitative estimate of drug-likeness (QED) is 0.795. The monoisotopic (exact) mass is 275 g/mol. The van der Waals surface area contributed by atoms with Crippen molar-refractivity contribution in [2.45, 2.75) is 25.8 Å². The fraction of sp³-hybridized carbons (Fsp3) is 0.500. The van der Waals surface area contributed by atoms with E-state index in [1.807, 2.05) is 23.1 Å². The third kappa shape index (κ3) is 3.38. The molecule has 20 heavy (non-hydrogen) atoms. The van der Waals surface area contributed by atoms with Crippen molar-refractivity contribution in [2.24, 2.45) is 11.8 Å². The van der Waals surface area contributed by atoms with Gasteiger partial charge in [-0.05, 0) is 24.3 Å². The van der Waals surface area contributed by atoms with Gasteiger partial charge in [-0.1, -0.05) is 36.8 Å². The largest absolute Gasteiger partial charge is 0.471 e. The van der Waals surface area contributed by atoms with Crippen LogP contribution in [-0.4, -0.2) is 30.9 Å². The summed E-state index contributed by atoms with van der Waals surface area (Å²) in [7, 11) is 1.31. The number of ether oxygens (including phenoxy) is 1. The normalized spacial score (nSPS) is 23.9. The van der Waals surface area contributed by atoms with Crippen LogP contribution in [0.2, 0.25) is 0 Å². The van der Waals surface area contributed by atoms with Gasteiger partial charge in [0.05, 0.1) is 7.11 Å². The molecule has 4 nitrogen and oxygen atoms in total. The SMILES string of the molecule is COC=O.O=C1C2CCCC2CN1Cc1ccccc1. The van der Waals surface area contributed by atoms with E-state index in [2.05, 4.69) is 16.9 Å². The van der Waals surface area contributed by atoms with Gasteiger partial charge in [-0.25, -0.2) is 0 Å². The average molecular weight is 275 g/mol. The van der Waals surface area contributed by atoms with Crippen molar-refractivity contribution >= 4 is 12.4 Å². The van der Waals surface area contributed by atoms with E-state index in [1.165, 1.54) is 25.5 Å². The lowest BCUT2D eigenvalue weighted by molar-refractivity contribution is -0.131. The van der Waals surface area contributed by atoms with Crippen LogP contribution in [0.4, 0.5) is 0 Å². The number of benzene rings is 1. The molecular formula is C16H21NO3. The molecule has 1 saturated heterocycles. The standard InChI is InChI=1S/C14H17NO.C2H4O2/c16-14-13-8-4-7-12(13)10-15(14)9-11-5-2-1-3-6-11;1-4-2-3/h1-3,5-6,12-13H,4,7-10H2;2H,1H3. The van der Waals surface area contributed by atoms with Crippen LogP contribution in [0, 0.1) is 11.8 Å². The first-order valence-corrected chi connectivity index (χ1v) is 7.05. The first-order valence-electron chi connectivity index (χ1n) is 7.05. The Hall–Kier alpha value is -1.84. The van der Waals surface area contributed by atoms with E-state index in [0.29, 0.717) is 24.2 Å². The number of hydrogen-bond acceptors (Lipinski definition) is 3. The van der Waals surface area contributed by atoms with E-state index in [1.54, 1.807) is 0 Å². The molecule has 1 aromatic rings. The Morgan fingerprint density at radius 1 is 1.30 bits per heavy atom. The molecule has 1 amide bonds. The van der Waals surface area contributed by atoms with Gasteiger partial charge in [-0.3, -0.25) is 9.59 Å². The minimum absolute atomic E-state index is 0.351. The topological polar surface area (TPSA) is 46.6 Å². The summed E-state index contributed by atoms with van der Waals surface area (Å²) in [6.07, 6.45) is 3.62. The minimum atomic E-state index is 0.351. The van der Waals surface area contributed by atoms with Gasteiger partial charge in [0, 0.05) is 19.0 Å². The summed E-state index contributed by atoms with van der Waals surface area (Å²) in [6.45, 7) is 2.16. The second kappa shape index (κ2) is 7.08. The van der Waals surface area contributed by atoms with Gasteiger partial charge in [0.2, 0.25) is 5.91 Å². The van der Waals surface area contributed by atoms with Gasteiger partial charge < -0.3 is 9.64 Å². The summed E-state index contributed by atoms with van der Waals surface area (Å²) in [6, 6.07) is 10.3. The Morgan fingerprint density at radius 2 is 2.00 bits per heavy atom. The number of methoxy groups -OCH3 is 1. The van der Waals surface area contributed by atoms with Crippen LogP contribution in [0.1, 0.15) is 24.8 Å². The molecule has 0 spiro atoms. The lowest BCUT2D eigenvalue weighted by Crippen LogP contribution is -2.26. The van der Waals surface area contributed by atoms with Gasteiger partial charge in [0.15, 0.2) is 0 Å². The molecular weight excluding hydrogens is 254 g/mol. The van der Waals surface area contributed by atoms with Crippen molar-refractivity contribution in [2.75, 3.05) is 13.7 Å². The van der Waals surface area contributed by atoms with Gasteiger partial charge in [0.25, 0.3) is 6.47 Å². The molecule has 0 N–H and O–H groups in total. The number of likely N-dealkylation sites (tertiary alicyclic amines) is 1. The van der Waals surface area contributed by atoms with Crippen molar-refractivity contribution in [3.8, 4) is 0 Å². The van der Waals surface area contributed by atoms with Gasteiger partial charge in [0.1, 0.15) is 0 Å². The molecule has 108 valence electrons. The van der Waals surface area contributed by atoms with E-state index in [0.717, 1.165) is 19.5 Å². The van der Waals surface area contributed by atoms with E-state index in [4.69, 9.17) is 4.79 Å². The zero-order valence-electron chi connectivity index (χ0n) is 11.8. The maximum atomic E-state index is 12.1. The first kappa shape index (κ1) is 14.6. The Balaban J connectivity index is 0.000000328. The highest BCUT2D eigenvalue weighted by atomic mass is 16.5. The van der Waals surface area contributed by atoms with E-state index in [9.17, 15) is 4.79 Å². The van der Waals surface area contributed by atoms with E-state index >= 15 is 0 Å². The Kier molecular flexibility index (Phi) is 5.16. The molecule has 0 bridgehead atoms. The zero-order chi connectivity index (χ0) is 14.4. The number of nitrogens with zero attached hydrogens (tertiary/aromatic N) is 1.